The third-order valence-corrected chi connectivity index (χ3v) is 2.79. The maximum absolute atomic E-state index is 11.1. The molecular weight excluding hydrogens is 202 g/mol. The highest BCUT2D eigenvalue weighted by Crippen LogP contribution is 2.25. The molecule has 0 heterocycles. The number of allylic oxidation sites excluding steroid dienone is 2. The highest BCUT2D eigenvalue weighted by Gasteiger charge is 2.11. The fraction of sp³-hybridized carbons (Fsp3) is 0.231. The SMILES string of the molecule is NC(=O)c1ccc(C2=CCC(=O)CC2)cc1. The van der Waals surface area contributed by atoms with Crippen molar-refractivity contribution in [2.24, 2.45) is 5.73 Å². The van der Waals surface area contributed by atoms with Crippen LogP contribution in [0, 0.1) is 0 Å². The molecular formula is C13H13NO2. The van der Waals surface area contributed by atoms with Gasteiger partial charge in [0, 0.05) is 18.4 Å². The van der Waals surface area contributed by atoms with Crippen molar-refractivity contribution in [3.05, 3.63) is 41.5 Å². The van der Waals surface area contributed by atoms with E-state index in [1.165, 1.54) is 5.57 Å². The Hall–Kier alpha value is -1.90. The van der Waals surface area contributed by atoms with Gasteiger partial charge < -0.3 is 5.73 Å². The second-order valence-corrected chi connectivity index (χ2v) is 3.91. The van der Waals surface area contributed by atoms with E-state index in [9.17, 15) is 9.59 Å². The summed E-state index contributed by atoms with van der Waals surface area (Å²) < 4.78 is 0. The van der Waals surface area contributed by atoms with Crippen LogP contribution in [0.25, 0.3) is 5.57 Å². The van der Waals surface area contributed by atoms with Gasteiger partial charge in [0.1, 0.15) is 5.78 Å². The van der Waals surface area contributed by atoms with Crippen LogP contribution in [-0.4, -0.2) is 11.7 Å². The molecule has 0 spiro atoms. The number of amides is 1. The van der Waals surface area contributed by atoms with Gasteiger partial charge in [-0.25, -0.2) is 0 Å². The van der Waals surface area contributed by atoms with E-state index in [1.54, 1.807) is 12.1 Å². The molecule has 82 valence electrons. The van der Waals surface area contributed by atoms with Gasteiger partial charge in [-0.3, -0.25) is 9.59 Å². The van der Waals surface area contributed by atoms with Gasteiger partial charge in [0.15, 0.2) is 0 Å². The van der Waals surface area contributed by atoms with E-state index in [0.29, 0.717) is 18.4 Å². The van der Waals surface area contributed by atoms with Crippen LogP contribution in [0.2, 0.25) is 0 Å². The molecule has 1 aromatic rings. The van der Waals surface area contributed by atoms with E-state index in [1.807, 2.05) is 18.2 Å². The molecule has 0 saturated carbocycles. The summed E-state index contributed by atoms with van der Waals surface area (Å²) >= 11 is 0. The molecule has 1 amide bonds. The molecule has 0 atom stereocenters. The minimum Gasteiger partial charge on any atom is -0.366 e. The summed E-state index contributed by atoms with van der Waals surface area (Å²) in [5, 5.41) is 0. The predicted molar refractivity (Wildman–Crippen MR) is 61.8 cm³/mol. The Balaban J connectivity index is 2.22. The molecule has 2 N–H and O–H groups in total. The van der Waals surface area contributed by atoms with Crippen LogP contribution >= 0.6 is 0 Å². The van der Waals surface area contributed by atoms with Crippen molar-refractivity contribution in [2.45, 2.75) is 19.3 Å². The zero-order valence-electron chi connectivity index (χ0n) is 8.90. The Labute approximate surface area is 94.0 Å². The number of ketones is 1. The van der Waals surface area contributed by atoms with Crippen LogP contribution in [-0.2, 0) is 4.79 Å². The minimum absolute atomic E-state index is 0.289. The summed E-state index contributed by atoms with van der Waals surface area (Å²) in [7, 11) is 0. The molecule has 0 fully saturated rings. The molecule has 2 rings (SSSR count). The first kappa shape index (κ1) is 10.6. The first-order valence-corrected chi connectivity index (χ1v) is 5.28. The molecule has 0 aliphatic heterocycles. The average Bonchev–Trinajstić information content (AvgIpc) is 2.30. The van der Waals surface area contributed by atoms with Crippen molar-refractivity contribution in [3.63, 3.8) is 0 Å². The quantitative estimate of drug-likeness (QED) is 0.819. The van der Waals surface area contributed by atoms with Gasteiger partial charge in [-0.15, -0.1) is 0 Å². The molecule has 16 heavy (non-hydrogen) atoms. The Morgan fingerprint density at radius 3 is 2.31 bits per heavy atom. The van der Waals surface area contributed by atoms with Crippen molar-refractivity contribution in [2.75, 3.05) is 0 Å². The largest absolute Gasteiger partial charge is 0.366 e. The van der Waals surface area contributed by atoms with Crippen LogP contribution in [0.1, 0.15) is 35.2 Å². The highest BCUT2D eigenvalue weighted by atomic mass is 16.1. The summed E-state index contributed by atoms with van der Waals surface area (Å²) in [5.74, 6) is -0.128. The number of primary amides is 1. The maximum Gasteiger partial charge on any atom is 0.248 e. The molecule has 3 nitrogen and oxygen atoms in total. The number of hydrogen-bond acceptors (Lipinski definition) is 2. The molecule has 3 heteroatoms. The van der Waals surface area contributed by atoms with Gasteiger partial charge in [-0.2, -0.15) is 0 Å². The third-order valence-electron chi connectivity index (χ3n) is 2.79. The number of carbonyl (C=O) groups excluding carboxylic acids is 2. The summed E-state index contributed by atoms with van der Waals surface area (Å²) in [5.41, 5.74) is 7.92. The number of hydrogen-bond donors (Lipinski definition) is 1. The van der Waals surface area contributed by atoms with Gasteiger partial charge in [0.25, 0.3) is 0 Å². The molecule has 0 saturated heterocycles. The lowest BCUT2D eigenvalue weighted by Gasteiger charge is -2.12. The Morgan fingerprint density at radius 2 is 1.81 bits per heavy atom. The second kappa shape index (κ2) is 4.31. The van der Waals surface area contributed by atoms with E-state index in [4.69, 9.17) is 5.73 Å². The first-order valence-electron chi connectivity index (χ1n) is 5.28. The van der Waals surface area contributed by atoms with Gasteiger partial charge in [0.2, 0.25) is 5.91 Å². The van der Waals surface area contributed by atoms with Crippen LogP contribution in [0.15, 0.2) is 30.3 Å². The number of carbonyl (C=O) groups is 2. The van der Waals surface area contributed by atoms with Crippen LogP contribution in [0.5, 0.6) is 0 Å². The zero-order valence-corrected chi connectivity index (χ0v) is 8.90. The van der Waals surface area contributed by atoms with E-state index in [-0.39, 0.29) is 5.78 Å². The first-order chi connectivity index (χ1) is 7.66. The van der Waals surface area contributed by atoms with E-state index >= 15 is 0 Å². The maximum atomic E-state index is 11.1. The zero-order chi connectivity index (χ0) is 11.5. The normalized spacial score (nSPS) is 15.8. The fourth-order valence-corrected chi connectivity index (χ4v) is 1.83. The summed E-state index contributed by atoms with van der Waals surface area (Å²) in [6, 6.07) is 7.19. The summed E-state index contributed by atoms with van der Waals surface area (Å²) in [6.45, 7) is 0. The van der Waals surface area contributed by atoms with Crippen molar-refractivity contribution in [1.82, 2.24) is 0 Å². The highest BCUT2D eigenvalue weighted by molar-refractivity contribution is 5.93. The van der Waals surface area contributed by atoms with E-state index < -0.39 is 5.91 Å². The monoisotopic (exact) mass is 215 g/mol. The lowest BCUT2D eigenvalue weighted by Crippen LogP contribution is -2.10. The number of rotatable bonds is 2. The van der Waals surface area contributed by atoms with Crippen molar-refractivity contribution >= 4 is 17.3 Å². The summed E-state index contributed by atoms with van der Waals surface area (Å²) in [4.78, 5) is 22.0. The smallest absolute Gasteiger partial charge is 0.248 e. The molecule has 0 bridgehead atoms. The van der Waals surface area contributed by atoms with Crippen molar-refractivity contribution < 1.29 is 9.59 Å². The van der Waals surface area contributed by atoms with E-state index in [2.05, 4.69) is 0 Å². The van der Waals surface area contributed by atoms with Crippen molar-refractivity contribution in [3.8, 4) is 0 Å². The molecule has 1 aromatic carbocycles. The van der Waals surface area contributed by atoms with Gasteiger partial charge in [-0.1, -0.05) is 18.2 Å². The molecule has 1 aliphatic rings. The van der Waals surface area contributed by atoms with Gasteiger partial charge in [-0.05, 0) is 29.7 Å². The van der Waals surface area contributed by atoms with Crippen molar-refractivity contribution in [1.29, 1.82) is 0 Å². The van der Waals surface area contributed by atoms with Gasteiger partial charge >= 0.3 is 0 Å². The Morgan fingerprint density at radius 1 is 1.12 bits per heavy atom. The molecule has 1 aliphatic carbocycles. The molecule has 0 aromatic heterocycles. The third kappa shape index (κ3) is 2.19. The lowest BCUT2D eigenvalue weighted by atomic mass is 9.92. The Kier molecular flexibility index (Phi) is 2.86. The van der Waals surface area contributed by atoms with E-state index in [0.717, 1.165) is 12.0 Å². The second-order valence-electron chi connectivity index (χ2n) is 3.91. The average molecular weight is 215 g/mol. The standard InChI is InChI=1S/C13H13NO2/c14-13(16)11-3-1-9(2-4-11)10-5-7-12(15)8-6-10/h1-5H,6-8H2,(H2,14,16). The number of benzene rings is 1. The number of nitrogens with two attached hydrogens (primary N) is 1. The topological polar surface area (TPSA) is 60.2 Å². The molecule has 0 unspecified atom stereocenters. The van der Waals surface area contributed by atoms with Gasteiger partial charge in [0.05, 0.1) is 0 Å². The van der Waals surface area contributed by atoms with Crippen LogP contribution in [0.4, 0.5) is 0 Å². The molecule has 0 radical (unpaired) electrons. The van der Waals surface area contributed by atoms with Crippen LogP contribution < -0.4 is 5.73 Å². The van der Waals surface area contributed by atoms with Crippen LogP contribution in [0.3, 0.4) is 0 Å². The number of Topliss-reactive ketones (excluding diaryl/α,β-unsaturated/α-hetero) is 1. The lowest BCUT2D eigenvalue weighted by molar-refractivity contribution is -0.118. The predicted octanol–water partition coefficient (Wildman–Crippen LogP) is 1.92. The summed E-state index contributed by atoms with van der Waals surface area (Å²) in [6.07, 6.45) is 3.89. The fourth-order valence-electron chi connectivity index (χ4n) is 1.83. The Bertz CT molecular complexity index is 457. The minimum atomic E-state index is -0.417.